The summed E-state index contributed by atoms with van der Waals surface area (Å²) in [5.41, 5.74) is 3.39. The van der Waals surface area contributed by atoms with E-state index in [4.69, 9.17) is 0 Å². The lowest BCUT2D eigenvalue weighted by Gasteiger charge is -2.19. The van der Waals surface area contributed by atoms with E-state index in [1.165, 1.54) is 38.0 Å². The van der Waals surface area contributed by atoms with Crippen LogP contribution in [0.15, 0.2) is 113 Å². The average Bonchev–Trinajstić information content (AvgIpc) is 3.80. The van der Waals surface area contributed by atoms with Crippen molar-refractivity contribution in [3.63, 3.8) is 0 Å². The zero-order valence-corrected chi connectivity index (χ0v) is 27.2. The van der Waals surface area contributed by atoms with Crippen LogP contribution in [-0.2, 0) is 10.9 Å². The molecule has 0 radical (unpaired) electrons. The standard InChI is InChI=1S/C36H29O3S4/c1-22(37)31-16-19-34(40-31)25-4-10-28(11-5-25)43(29-12-6-26(7-13-29)35-20-17-32(41-35)23(2)38)30-14-8-27(9-15-30)36-21-18-33(42-36)24(3)39/h4-14,16-21,30H,15H2,1-3H3/q+1. The molecule has 5 aromatic rings. The molecule has 0 saturated carbocycles. The lowest BCUT2D eigenvalue weighted by Crippen LogP contribution is -2.21. The summed E-state index contributed by atoms with van der Waals surface area (Å²) in [6.07, 6.45) is 7.72. The summed E-state index contributed by atoms with van der Waals surface area (Å²) in [6, 6.07) is 29.4. The molecule has 1 atom stereocenters. The Morgan fingerprint density at radius 2 is 1.00 bits per heavy atom. The third-order valence-corrected chi connectivity index (χ3v) is 13.5. The molecule has 3 heterocycles. The lowest BCUT2D eigenvalue weighted by molar-refractivity contribution is 0.101. The molecular formula is C36H29O3S4+. The van der Waals surface area contributed by atoms with Gasteiger partial charge in [0.05, 0.1) is 25.5 Å². The van der Waals surface area contributed by atoms with Gasteiger partial charge in [0.2, 0.25) is 0 Å². The maximum absolute atomic E-state index is 11.8. The van der Waals surface area contributed by atoms with E-state index >= 15 is 0 Å². The third-order valence-electron chi connectivity index (χ3n) is 7.29. The minimum Gasteiger partial charge on any atom is -0.294 e. The van der Waals surface area contributed by atoms with Crippen molar-refractivity contribution in [2.75, 3.05) is 0 Å². The third kappa shape index (κ3) is 6.36. The monoisotopic (exact) mass is 637 g/mol. The molecule has 0 saturated heterocycles. The molecular weight excluding hydrogens is 609 g/mol. The minimum absolute atomic E-state index is 0.0921. The average molecular weight is 638 g/mol. The van der Waals surface area contributed by atoms with Crippen LogP contribution in [-0.4, -0.2) is 22.6 Å². The highest BCUT2D eigenvalue weighted by molar-refractivity contribution is 7.97. The van der Waals surface area contributed by atoms with E-state index in [-0.39, 0.29) is 33.5 Å². The quantitative estimate of drug-likeness (QED) is 0.119. The van der Waals surface area contributed by atoms with Crippen molar-refractivity contribution >= 4 is 67.8 Å². The van der Waals surface area contributed by atoms with Gasteiger partial charge in [0.25, 0.3) is 0 Å². The fourth-order valence-corrected chi connectivity index (χ4v) is 10.1. The number of thiophene rings is 3. The topological polar surface area (TPSA) is 51.2 Å². The normalized spacial score (nSPS) is 14.6. The predicted molar refractivity (Wildman–Crippen MR) is 183 cm³/mol. The number of allylic oxidation sites excluding steroid dienone is 3. The van der Waals surface area contributed by atoms with E-state index in [1.54, 1.807) is 32.1 Å². The summed E-state index contributed by atoms with van der Waals surface area (Å²) in [4.78, 5) is 43.6. The molecule has 3 nitrogen and oxygen atoms in total. The van der Waals surface area contributed by atoms with Crippen molar-refractivity contribution in [2.45, 2.75) is 42.2 Å². The van der Waals surface area contributed by atoms with Crippen LogP contribution in [0.5, 0.6) is 0 Å². The first-order chi connectivity index (χ1) is 20.8. The van der Waals surface area contributed by atoms with Gasteiger partial charge in [0.15, 0.2) is 32.4 Å². The molecule has 7 heteroatoms. The van der Waals surface area contributed by atoms with Gasteiger partial charge in [-0.2, -0.15) is 0 Å². The number of carbonyl (C=O) groups excluding carboxylic acids is 3. The molecule has 0 N–H and O–H groups in total. The summed E-state index contributed by atoms with van der Waals surface area (Å²) in [5.74, 6) is 0.284. The van der Waals surface area contributed by atoms with Gasteiger partial charge in [-0.15, -0.1) is 34.0 Å². The van der Waals surface area contributed by atoms with Gasteiger partial charge in [-0.05, 0) is 128 Å². The molecule has 0 spiro atoms. The van der Waals surface area contributed by atoms with Gasteiger partial charge in [-0.25, -0.2) is 0 Å². The van der Waals surface area contributed by atoms with Gasteiger partial charge in [-0.1, -0.05) is 12.2 Å². The number of Topliss-reactive ketones (excluding diaryl/α,β-unsaturated/α-hetero) is 3. The molecule has 2 aromatic carbocycles. The molecule has 1 unspecified atom stereocenters. The Morgan fingerprint density at radius 1 is 0.581 bits per heavy atom. The van der Waals surface area contributed by atoms with Crippen LogP contribution >= 0.6 is 34.0 Å². The number of hydrogen-bond acceptors (Lipinski definition) is 6. The van der Waals surface area contributed by atoms with Crippen molar-refractivity contribution < 1.29 is 14.4 Å². The van der Waals surface area contributed by atoms with E-state index in [0.29, 0.717) is 0 Å². The molecule has 0 fully saturated rings. The Labute approximate surface area is 266 Å². The van der Waals surface area contributed by atoms with Crippen LogP contribution in [0.1, 0.15) is 61.1 Å². The molecule has 43 heavy (non-hydrogen) atoms. The Hall–Kier alpha value is -3.62. The Morgan fingerprint density at radius 3 is 1.37 bits per heavy atom. The van der Waals surface area contributed by atoms with Crippen LogP contribution in [0.3, 0.4) is 0 Å². The number of benzene rings is 2. The number of rotatable bonds is 9. The van der Waals surface area contributed by atoms with Gasteiger partial charge in [0.1, 0.15) is 0 Å². The van der Waals surface area contributed by atoms with Crippen LogP contribution < -0.4 is 0 Å². The first kappa shape index (κ1) is 29.5. The molecule has 3 aromatic heterocycles. The Bertz CT molecular complexity index is 1780. The summed E-state index contributed by atoms with van der Waals surface area (Å²) < 4.78 is 0. The number of carbonyl (C=O) groups is 3. The van der Waals surface area contributed by atoms with Gasteiger partial charge in [-0.3, -0.25) is 14.4 Å². The second-order valence-electron chi connectivity index (χ2n) is 10.3. The smallest absolute Gasteiger partial charge is 0.169 e. The fourth-order valence-electron chi connectivity index (χ4n) is 5.02. The van der Waals surface area contributed by atoms with Gasteiger partial charge < -0.3 is 0 Å². The van der Waals surface area contributed by atoms with E-state index in [9.17, 15) is 14.4 Å². The van der Waals surface area contributed by atoms with Crippen molar-refractivity contribution in [3.05, 3.63) is 123 Å². The van der Waals surface area contributed by atoms with Crippen molar-refractivity contribution in [1.29, 1.82) is 0 Å². The van der Waals surface area contributed by atoms with E-state index in [2.05, 4.69) is 66.8 Å². The SMILES string of the molecule is CC(=O)c1ccc(C2=CCC([S+](c3ccc(-c4ccc(C(C)=O)s4)cc3)c3ccc(-c4ccc(C(C)=O)s4)cc3)C=C2)s1. The van der Waals surface area contributed by atoms with Crippen LogP contribution in [0.25, 0.3) is 26.5 Å². The molecule has 214 valence electrons. The Kier molecular flexibility index (Phi) is 8.59. The van der Waals surface area contributed by atoms with Crippen molar-refractivity contribution in [1.82, 2.24) is 0 Å². The van der Waals surface area contributed by atoms with E-state index in [1.807, 2.05) is 36.4 Å². The molecule has 0 aliphatic heterocycles. The van der Waals surface area contributed by atoms with Gasteiger partial charge in [0, 0.05) is 21.1 Å². The molecule has 0 bridgehead atoms. The maximum Gasteiger partial charge on any atom is 0.169 e. The highest BCUT2D eigenvalue weighted by Gasteiger charge is 2.35. The highest BCUT2D eigenvalue weighted by Crippen LogP contribution is 2.38. The minimum atomic E-state index is -0.228. The van der Waals surface area contributed by atoms with Crippen molar-refractivity contribution in [3.8, 4) is 20.9 Å². The second kappa shape index (κ2) is 12.5. The van der Waals surface area contributed by atoms with E-state index in [0.717, 1.165) is 46.8 Å². The number of ketones is 3. The van der Waals surface area contributed by atoms with Gasteiger partial charge >= 0.3 is 0 Å². The predicted octanol–water partition coefficient (Wildman–Crippen LogP) is 10.3. The lowest BCUT2D eigenvalue weighted by atomic mass is 10.1. The van der Waals surface area contributed by atoms with Crippen molar-refractivity contribution in [2.24, 2.45) is 0 Å². The first-order valence-corrected chi connectivity index (χ1v) is 17.7. The second-order valence-corrected chi connectivity index (χ2v) is 15.8. The summed E-state index contributed by atoms with van der Waals surface area (Å²) in [6.45, 7) is 4.82. The summed E-state index contributed by atoms with van der Waals surface area (Å²) in [7, 11) is -0.228. The first-order valence-electron chi connectivity index (χ1n) is 13.9. The molecule has 1 aliphatic rings. The largest absolute Gasteiger partial charge is 0.294 e. The Balaban J connectivity index is 1.31. The molecule has 0 amide bonds. The van der Waals surface area contributed by atoms with E-state index < -0.39 is 0 Å². The zero-order chi connectivity index (χ0) is 30.1. The number of hydrogen-bond donors (Lipinski definition) is 0. The van der Waals surface area contributed by atoms with Crippen LogP contribution in [0.2, 0.25) is 0 Å². The molecule has 1 aliphatic carbocycles. The molecule has 6 rings (SSSR count). The fraction of sp³-hybridized carbons (Fsp3) is 0.139. The zero-order valence-electron chi connectivity index (χ0n) is 24.0. The maximum atomic E-state index is 11.8. The summed E-state index contributed by atoms with van der Waals surface area (Å²) >= 11 is 4.61. The highest BCUT2D eigenvalue weighted by atomic mass is 32.2. The summed E-state index contributed by atoms with van der Waals surface area (Å²) in [5, 5.41) is 0.282. The van der Waals surface area contributed by atoms with Crippen LogP contribution in [0, 0.1) is 0 Å². The van der Waals surface area contributed by atoms with Crippen LogP contribution in [0.4, 0.5) is 0 Å².